The molecule has 16 heteroatoms. The Kier molecular flexibility index (Phi) is 16.4. The molecule has 3 aromatic rings. The molecule has 17 atom stereocenters. The molecule has 0 radical (unpaired) electrons. The van der Waals surface area contributed by atoms with Crippen LogP contribution < -0.4 is 5.32 Å². The largest absolute Gasteiger partial charge is 0.450 e. The van der Waals surface area contributed by atoms with Crippen LogP contribution in [0.15, 0.2) is 147 Å². The molecule has 21 rings (SSSR count). The number of ether oxygens (including phenoxy) is 4. The summed E-state index contributed by atoms with van der Waals surface area (Å²) in [6.07, 6.45) is 36.0. The third kappa shape index (κ3) is 10.6. The molecule has 1 N–H and O–H groups in total. The maximum absolute atomic E-state index is 12.1. The van der Waals surface area contributed by atoms with E-state index in [2.05, 4.69) is 128 Å². The van der Waals surface area contributed by atoms with Crippen LogP contribution >= 0.6 is 23.5 Å². The molecular formula is C80H96N6O8S2. The standard InChI is InChI=1S/C24H28N2O2.2C19H21NO2S.C18H26N2O2/c27-23-14-18-13-20(21-15-24(18,28-23)22-7-3-4-12-26(21)22)25-11-10-17-9-8-16-5-1-2-6-19(16)17;2*21-18-11-13-10-16(23-14-6-2-1-3-7-14)15-12-19(13,22-18)17-8-4-5-9-20(15)17;1-12-5-7-19(11-12)14-8-13-9-17(21)22-18(13)10-15(14)20-6-3-2-4-16(18)20/h1-2,5-6,9,14,20-22,25H,3-4,7-8,10-13,15H2;2*1-3,6-7,11,15-17H,4-5,8-10,12H2;9,12,14-16H,2-8,10-11H2,1H3. The Morgan fingerprint density at radius 1 is 0.458 bits per heavy atom. The normalized spacial score (nSPS) is 40.0. The van der Waals surface area contributed by atoms with Crippen molar-refractivity contribution < 1.29 is 38.1 Å². The number of hydrogen-bond donors (Lipinski definition) is 1. The van der Waals surface area contributed by atoms with E-state index in [0.29, 0.717) is 70.9 Å². The van der Waals surface area contributed by atoms with Gasteiger partial charge >= 0.3 is 23.9 Å². The number of nitrogens with zero attached hydrogens (tertiary/aromatic N) is 5. The Bertz CT molecular complexity index is 3610. The number of thioether (sulfide) groups is 2. The molecule has 17 unspecified atom stereocenters. The molecule has 13 heterocycles. The van der Waals surface area contributed by atoms with Crippen LogP contribution in [-0.4, -0.2) is 188 Å². The van der Waals surface area contributed by atoms with E-state index < -0.39 is 0 Å². The topological polar surface area (TPSA) is 133 Å². The summed E-state index contributed by atoms with van der Waals surface area (Å²) in [5.74, 6) is 0.389. The molecule has 14 nitrogen and oxygen atoms in total. The zero-order valence-corrected chi connectivity index (χ0v) is 57.6. The Balaban J connectivity index is 0.0000000938. The lowest BCUT2D eigenvalue weighted by atomic mass is 9.75. The van der Waals surface area contributed by atoms with E-state index in [4.69, 9.17) is 18.9 Å². The maximum atomic E-state index is 12.1. The van der Waals surface area contributed by atoms with Crippen molar-refractivity contribution in [1.82, 2.24) is 29.8 Å². The summed E-state index contributed by atoms with van der Waals surface area (Å²) in [7, 11) is 0. The van der Waals surface area contributed by atoms with Gasteiger partial charge in [-0.2, -0.15) is 0 Å². The molecule has 4 spiro atoms. The van der Waals surface area contributed by atoms with Crippen molar-refractivity contribution in [2.75, 3.05) is 45.8 Å². The predicted octanol–water partition coefficient (Wildman–Crippen LogP) is 12.0. The number of piperidine rings is 4. The average Bonchev–Trinajstić information content (AvgIpc) is 1.58. The van der Waals surface area contributed by atoms with Crippen molar-refractivity contribution in [3.05, 3.63) is 149 Å². The van der Waals surface area contributed by atoms with Gasteiger partial charge in [0, 0.05) is 113 Å². The third-order valence-corrected chi connectivity index (χ3v) is 29.4. The zero-order chi connectivity index (χ0) is 64.5. The summed E-state index contributed by atoms with van der Waals surface area (Å²) in [6.45, 7) is 10.5. The Hall–Kier alpha value is -5.30. The van der Waals surface area contributed by atoms with Gasteiger partial charge in [-0.3, -0.25) is 24.5 Å². The molecule has 9 saturated heterocycles. The smallest absolute Gasteiger partial charge is 0.331 e. The monoisotopic (exact) mass is 1330 g/mol. The Morgan fingerprint density at radius 2 is 0.885 bits per heavy atom. The molecule has 3 aromatic carbocycles. The van der Waals surface area contributed by atoms with E-state index in [-0.39, 0.29) is 46.3 Å². The summed E-state index contributed by atoms with van der Waals surface area (Å²) in [5, 5.41) is 4.92. The van der Waals surface area contributed by atoms with Crippen molar-refractivity contribution in [2.24, 2.45) is 5.92 Å². The summed E-state index contributed by atoms with van der Waals surface area (Å²) in [5.41, 5.74) is 8.36. The molecule has 5 aliphatic carbocycles. The molecule has 0 amide bonds. The zero-order valence-electron chi connectivity index (χ0n) is 56.0. The highest BCUT2D eigenvalue weighted by molar-refractivity contribution is 8.00. The van der Waals surface area contributed by atoms with E-state index >= 15 is 0 Å². The number of nitrogens with one attached hydrogen (secondary N) is 1. The number of hydrogen-bond acceptors (Lipinski definition) is 16. The highest BCUT2D eigenvalue weighted by Crippen LogP contribution is 2.60. The minimum atomic E-state index is -0.298. The van der Waals surface area contributed by atoms with Crippen LogP contribution in [0.25, 0.3) is 5.57 Å². The SMILES string of the molecule is CC1CCN(C2CC3=CC(=O)OC34CC2N2CCCCC24)C1.O=C1C=C2CC(NCCC3=CCc4ccccc43)C3CC2(O1)C1CCCCN31.O=C1C=C2CC(Sc3ccccc3)C3CC2(O1)C1CCCCN31.O=C1C=C2CC(Sc3ccccc3)C3CC2(O1)C1CCCCN31. The number of esters is 4. The first kappa shape index (κ1) is 62.9. The van der Waals surface area contributed by atoms with Crippen molar-refractivity contribution in [3.8, 4) is 0 Å². The molecule has 506 valence electrons. The first-order valence-corrected chi connectivity index (χ1v) is 39.2. The van der Waals surface area contributed by atoms with Crippen LogP contribution in [0.4, 0.5) is 0 Å². The van der Waals surface area contributed by atoms with Gasteiger partial charge in [0.1, 0.15) is 0 Å². The molecule has 18 aliphatic rings. The van der Waals surface area contributed by atoms with Crippen LogP contribution in [0.5, 0.6) is 0 Å². The van der Waals surface area contributed by atoms with Crippen LogP contribution in [0.1, 0.15) is 159 Å². The summed E-state index contributed by atoms with van der Waals surface area (Å²) < 4.78 is 23.8. The van der Waals surface area contributed by atoms with Crippen LogP contribution in [-0.2, 0) is 44.5 Å². The number of allylic oxidation sites excluding steroid dienone is 1. The summed E-state index contributed by atoms with van der Waals surface area (Å²) >= 11 is 3.95. The highest BCUT2D eigenvalue weighted by atomic mass is 32.2. The van der Waals surface area contributed by atoms with E-state index in [1.54, 1.807) is 18.2 Å². The average molecular weight is 1330 g/mol. The molecule has 13 aliphatic heterocycles. The molecule has 4 saturated carbocycles. The predicted molar refractivity (Wildman–Crippen MR) is 373 cm³/mol. The second-order valence-electron chi connectivity index (χ2n) is 31.6. The minimum Gasteiger partial charge on any atom is -0.450 e. The fourth-order valence-corrected chi connectivity index (χ4v) is 25.5. The molecular weight excluding hydrogens is 1240 g/mol. The van der Waals surface area contributed by atoms with E-state index in [1.165, 1.54) is 145 Å². The van der Waals surface area contributed by atoms with Gasteiger partial charge in [0.05, 0.1) is 24.2 Å². The van der Waals surface area contributed by atoms with Gasteiger partial charge in [0.15, 0.2) is 22.4 Å². The Morgan fingerprint density at radius 3 is 1.38 bits per heavy atom. The second-order valence-corrected chi connectivity index (χ2v) is 34.2. The van der Waals surface area contributed by atoms with Gasteiger partial charge < -0.3 is 24.3 Å². The van der Waals surface area contributed by atoms with Gasteiger partial charge in [0.2, 0.25) is 0 Å². The van der Waals surface area contributed by atoms with Crippen molar-refractivity contribution in [2.45, 2.75) is 258 Å². The van der Waals surface area contributed by atoms with E-state index in [0.717, 1.165) is 103 Å². The quantitative estimate of drug-likeness (QED) is 0.161. The van der Waals surface area contributed by atoms with Crippen LogP contribution in [0, 0.1) is 5.92 Å². The van der Waals surface area contributed by atoms with Crippen LogP contribution in [0.3, 0.4) is 0 Å². The molecule has 8 bridgehead atoms. The van der Waals surface area contributed by atoms with Gasteiger partial charge in [-0.05, 0) is 205 Å². The minimum absolute atomic E-state index is 0.0865. The summed E-state index contributed by atoms with van der Waals surface area (Å²) in [4.78, 5) is 64.3. The van der Waals surface area contributed by atoms with Crippen molar-refractivity contribution >= 4 is 53.0 Å². The molecule has 13 fully saturated rings. The molecule has 96 heavy (non-hydrogen) atoms. The third-order valence-electron chi connectivity index (χ3n) is 26.8. The van der Waals surface area contributed by atoms with Gasteiger partial charge in [-0.15, -0.1) is 23.5 Å². The second kappa shape index (κ2) is 25.1. The number of fused-ring (bicyclic) bond motifs is 13. The van der Waals surface area contributed by atoms with Gasteiger partial charge in [-0.25, -0.2) is 19.2 Å². The fraction of sp³-hybridized carbons (Fsp3) is 0.600. The number of benzene rings is 3. The fourth-order valence-electron chi connectivity index (χ4n) is 22.8. The lowest BCUT2D eigenvalue weighted by molar-refractivity contribution is -0.149. The number of rotatable bonds is 9. The lowest BCUT2D eigenvalue weighted by Gasteiger charge is -2.40. The Labute approximate surface area is 575 Å². The van der Waals surface area contributed by atoms with E-state index in [9.17, 15) is 19.2 Å². The summed E-state index contributed by atoms with van der Waals surface area (Å²) in [6, 6.07) is 35.0. The van der Waals surface area contributed by atoms with Crippen LogP contribution in [0.2, 0.25) is 0 Å². The lowest BCUT2D eigenvalue weighted by Crippen LogP contribution is -2.51. The van der Waals surface area contributed by atoms with Gasteiger partial charge in [0.25, 0.3) is 0 Å². The number of carbonyl (C=O) groups is 4. The van der Waals surface area contributed by atoms with Gasteiger partial charge in [-0.1, -0.05) is 99.3 Å². The molecule has 0 aromatic heterocycles. The highest BCUT2D eigenvalue weighted by Gasteiger charge is 2.68. The van der Waals surface area contributed by atoms with Crippen molar-refractivity contribution in [3.63, 3.8) is 0 Å². The van der Waals surface area contributed by atoms with Crippen molar-refractivity contribution in [1.29, 1.82) is 0 Å². The number of likely N-dealkylation sites (tertiary alicyclic amines) is 1. The number of carbonyl (C=O) groups excluding carboxylic acids is 4. The first-order valence-electron chi connectivity index (χ1n) is 37.4. The first-order chi connectivity index (χ1) is 46.9. The maximum Gasteiger partial charge on any atom is 0.331 e. The van der Waals surface area contributed by atoms with E-state index in [1.807, 2.05) is 29.6 Å².